The molecule has 0 atom stereocenters. The van der Waals surface area contributed by atoms with Crippen LogP contribution in [0.15, 0.2) is 30.3 Å². The highest BCUT2D eigenvalue weighted by Gasteiger charge is 2.28. The number of hydrogen-bond acceptors (Lipinski definition) is 3. The fourth-order valence-corrected chi connectivity index (χ4v) is 2.04. The second-order valence-corrected chi connectivity index (χ2v) is 5.70. The fraction of sp³-hybridized carbons (Fsp3) is 0.625. The van der Waals surface area contributed by atoms with E-state index in [1.807, 2.05) is 30.3 Å². The van der Waals surface area contributed by atoms with Crippen molar-refractivity contribution in [2.24, 2.45) is 11.3 Å². The molecule has 0 unspecified atom stereocenters. The van der Waals surface area contributed by atoms with Gasteiger partial charge in [-0.3, -0.25) is 0 Å². The zero-order valence-corrected chi connectivity index (χ0v) is 12.0. The minimum Gasteiger partial charge on any atom is -0.396 e. The first-order valence-electron chi connectivity index (χ1n) is 6.95. The van der Waals surface area contributed by atoms with E-state index in [1.165, 1.54) is 0 Å². The Labute approximate surface area is 116 Å². The normalized spacial score (nSPS) is 12.1. The number of ether oxygens (including phenoxy) is 1. The fourth-order valence-electron chi connectivity index (χ4n) is 2.04. The minimum atomic E-state index is -0.488. The van der Waals surface area contributed by atoms with Crippen molar-refractivity contribution in [1.29, 1.82) is 0 Å². The third-order valence-corrected chi connectivity index (χ3v) is 3.32. The maximum absolute atomic E-state index is 9.63. The van der Waals surface area contributed by atoms with Gasteiger partial charge in [-0.2, -0.15) is 0 Å². The third-order valence-electron chi connectivity index (χ3n) is 3.32. The lowest BCUT2D eigenvalue weighted by Gasteiger charge is -2.30. The zero-order valence-electron chi connectivity index (χ0n) is 12.0. The van der Waals surface area contributed by atoms with E-state index in [-0.39, 0.29) is 13.2 Å². The average Bonchev–Trinajstić information content (AvgIpc) is 2.43. The molecule has 0 aliphatic heterocycles. The summed E-state index contributed by atoms with van der Waals surface area (Å²) >= 11 is 0. The molecule has 0 heterocycles. The van der Waals surface area contributed by atoms with Crippen LogP contribution < -0.4 is 0 Å². The maximum atomic E-state index is 9.63. The molecule has 0 saturated heterocycles. The summed E-state index contributed by atoms with van der Waals surface area (Å²) in [5.41, 5.74) is 0.646. The summed E-state index contributed by atoms with van der Waals surface area (Å²) in [6.07, 6.45) is 1.34. The standard InChI is InChI=1S/C16H26O3/c1-14(2)11-19-9-8-16(12-17,13-18)10-15-6-4-3-5-7-15/h3-7,14,17-18H,8-13H2,1-2H3. The molecule has 0 bridgehead atoms. The van der Waals surface area contributed by atoms with Crippen molar-refractivity contribution in [2.75, 3.05) is 26.4 Å². The lowest BCUT2D eigenvalue weighted by Crippen LogP contribution is -2.34. The third kappa shape index (κ3) is 5.72. The van der Waals surface area contributed by atoms with E-state index in [9.17, 15) is 10.2 Å². The average molecular weight is 266 g/mol. The van der Waals surface area contributed by atoms with Crippen LogP contribution in [0.3, 0.4) is 0 Å². The molecule has 1 aromatic rings. The van der Waals surface area contributed by atoms with Crippen molar-refractivity contribution in [1.82, 2.24) is 0 Å². The molecule has 0 spiro atoms. The first-order chi connectivity index (χ1) is 9.12. The van der Waals surface area contributed by atoms with Crippen molar-refractivity contribution in [3.63, 3.8) is 0 Å². The summed E-state index contributed by atoms with van der Waals surface area (Å²) in [5, 5.41) is 19.3. The molecule has 3 nitrogen and oxygen atoms in total. The van der Waals surface area contributed by atoms with E-state index in [4.69, 9.17) is 4.74 Å². The topological polar surface area (TPSA) is 49.7 Å². The van der Waals surface area contributed by atoms with Gasteiger partial charge in [0.15, 0.2) is 0 Å². The smallest absolute Gasteiger partial charge is 0.0513 e. The van der Waals surface area contributed by atoms with E-state index in [0.29, 0.717) is 25.4 Å². The van der Waals surface area contributed by atoms with Gasteiger partial charge in [-0.25, -0.2) is 0 Å². The second kappa shape index (κ2) is 8.31. The van der Waals surface area contributed by atoms with Crippen LogP contribution in [0.25, 0.3) is 0 Å². The van der Waals surface area contributed by atoms with Gasteiger partial charge >= 0.3 is 0 Å². The monoisotopic (exact) mass is 266 g/mol. The van der Waals surface area contributed by atoms with Gasteiger partial charge in [0.1, 0.15) is 0 Å². The van der Waals surface area contributed by atoms with Crippen LogP contribution in [0.1, 0.15) is 25.8 Å². The molecule has 1 rings (SSSR count). The molecule has 2 N–H and O–H groups in total. The highest BCUT2D eigenvalue weighted by atomic mass is 16.5. The molecule has 0 radical (unpaired) electrons. The summed E-state index contributed by atoms with van der Waals surface area (Å²) in [6.45, 7) is 5.46. The number of aliphatic hydroxyl groups excluding tert-OH is 2. The zero-order chi connectivity index (χ0) is 14.1. The number of benzene rings is 1. The van der Waals surface area contributed by atoms with E-state index in [1.54, 1.807) is 0 Å². The van der Waals surface area contributed by atoms with Crippen LogP contribution in [-0.4, -0.2) is 36.6 Å². The molecule has 0 aliphatic rings. The van der Waals surface area contributed by atoms with Crippen molar-refractivity contribution in [2.45, 2.75) is 26.7 Å². The Kier molecular flexibility index (Phi) is 7.06. The van der Waals surface area contributed by atoms with Crippen LogP contribution in [0, 0.1) is 11.3 Å². The highest BCUT2D eigenvalue weighted by molar-refractivity contribution is 5.16. The molecule has 0 fully saturated rings. The second-order valence-electron chi connectivity index (χ2n) is 5.70. The van der Waals surface area contributed by atoms with Crippen LogP contribution >= 0.6 is 0 Å². The molecular formula is C16H26O3. The summed E-state index contributed by atoms with van der Waals surface area (Å²) in [7, 11) is 0. The summed E-state index contributed by atoms with van der Waals surface area (Å²) in [6, 6.07) is 9.97. The summed E-state index contributed by atoms with van der Waals surface area (Å²) in [4.78, 5) is 0. The molecule has 0 saturated carbocycles. The van der Waals surface area contributed by atoms with Gasteiger partial charge < -0.3 is 14.9 Å². The van der Waals surface area contributed by atoms with Gasteiger partial charge in [0, 0.05) is 18.6 Å². The molecule has 108 valence electrons. The molecule has 1 aromatic carbocycles. The van der Waals surface area contributed by atoms with Gasteiger partial charge in [0.25, 0.3) is 0 Å². The van der Waals surface area contributed by atoms with Crippen LogP contribution in [-0.2, 0) is 11.2 Å². The Hall–Kier alpha value is -0.900. The first-order valence-corrected chi connectivity index (χ1v) is 6.95. The molecule has 3 heteroatoms. The van der Waals surface area contributed by atoms with Crippen LogP contribution in [0.2, 0.25) is 0 Å². The minimum absolute atomic E-state index is 0.0244. The van der Waals surface area contributed by atoms with Crippen LogP contribution in [0.5, 0.6) is 0 Å². The number of aliphatic hydroxyl groups is 2. The molecular weight excluding hydrogens is 240 g/mol. The molecule has 0 aromatic heterocycles. The van der Waals surface area contributed by atoms with Gasteiger partial charge in [0.2, 0.25) is 0 Å². The largest absolute Gasteiger partial charge is 0.396 e. The van der Waals surface area contributed by atoms with Gasteiger partial charge in [-0.15, -0.1) is 0 Å². The van der Waals surface area contributed by atoms with Crippen molar-refractivity contribution in [3.8, 4) is 0 Å². The van der Waals surface area contributed by atoms with Gasteiger partial charge in [0.05, 0.1) is 13.2 Å². The van der Waals surface area contributed by atoms with Crippen molar-refractivity contribution < 1.29 is 14.9 Å². The number of hydrogen-bond donors (Lipinski definition) is 2. The SMILES string of the molecule is CC(C)COCCC(CO)(CO)Cc1ccccc1. The van der Waals surface area contributed by atoms with E-state index >= 15 is 0 Å². The van der Waals surface area contributed by atoms with Crippen molar-refractivity contribution >= 4 is 0 Å². The van der Waals surface area contributed by atoms with Crippen LogP contribution in [0.4, 0.5) is 0 Å². The van der Waals surface area contributed by atoms with E-state index in [0.717, 1.165) is 12.2 Å². The Morgan fingerprint density at radius 2 is 1.74 bits per heavy atom. The predicted octanol–water partition coefficient (Wildman–Crippen LogP) is 2.26. The Morgan fingerprint density at radius 1 is 1.11 bits per heavy atom. The first kappa shape index (κ1) is 16.2. The maximum Gasteiger partial charge on any atom is 0.0513 e. The van der Waals surface area contributed by atoms with E-state index < -0.39 is 5.41 Å². The lowest BCUT2D eigenvalue weighted by atomic mass is 9.80. The van der Waals surface area contributed by atoms with Gasteiger partial charge in [-0.1, -0.05) is 44.2 Å². The Bertz CT molecular complexity index is 331. The van der Waals surface area contributed by atoms with E-state index in [2.05, 4.69) is 13.8 Å². The summed E-state index contributed by atoms with van der Waals surface area (Å²) < 4.78 is 5.57. The molecule has 0 aliphatic carbocycles. The summed E-state index contributed by atoms with van der Waals surface area (Å²) in [5.74, 6) is 0.506. The van der Waals surface area contributed by atoms with Gasteiger partial charge in [-0.05, 0) is 24.3 Å². The predicted molar refractivity (Wildman–Crippen MR) is 77.0 cm³/mol. The number of rotatable bonds is 9. The quantitative estimate of drug-likeness (QED) is 0.674. The Morgan fingerprint density at radius 3 is 2.26 bits per heavy atom. The highest BCUT2D eigenvalue weighted by Crippen LogP contribution is 2.26. The lowest BCUT2D eigenvalue weighted by molar-refractivity contribution is 0.0114. The molecule has 19 heavy (non-hydrogen) atoms. The van der Waals surface area contributed by atoms with Crippen molar-refractivity contribution in [3.05, 3.63) is 35.9 Å². The Balaban J connectivity index is 2.53. The molecule has 0 amide bonds.